The van der Waals surface area contributed by atoms with Gasteiger partial charge >= 0.3 is 0 Å². The molecule has 30 heavy (non-hydrogen) atoms. The number of anilines is 1. The van der Waals surface area contributed by atoms with E-state index in [0.717, 1.165) is 48.4 Å². The standard InChI is InChI=1S/C22H24N6O2/c1-14-25-17-7-6-15(10-18(17)26-14)12-24-20(29)11-16-4-3-9-28(13-16)22-27-21-19(30-22)5-2-8-23-21/h2,5-8,10,16H,3-4,9,11-13H2,1H3,(H,24,29)(H,25,26). The average Bonchev–Trinajstić information content (AvgIpc) is 3.34. The van der Waals surface area contributed by atoms with E-state index in [9.17, 15) is 4.79 Å². The maximum atomic E-state index is 12.5. The lowest BCUT2D eigenvalue weighted by molar-refractivity contribution is -0.122. The molecule has 4 heterocycles. The smallest absolute Gasteiger partial charge is 0.299 e. The number of carbonyl (C=O) groups is 1. The van der Waals surface area contributed by atoms with Gasteiger partial charge in [-0.25, -0.2) is 9.97 Å². The van der Waals surface area contributed by atoms with Gasteiger partial charge in [0.2, 0.25) is 11.6 Å². The molecule has 8 nitrogen and oxygen atoms in total. The van der Waals surface area contributed by atoms with Crippen LogP contribution in [-0.4, -0.2) is 38.9 Å². The molecule has 1 aromatic carbocycles. The molecular formula is C22H24N6O2. The molecule has 5 rings (SSSR count). The van der Waals surface area contributed by atoms with Crippen LogP contribution in [-0.2, 0) is 11.3 Å². The normalized spacial score (nSPS) is 17.0. The zero-order valence-corrected chi connectivity index (χ0v) is 16.9. The van der Waals surface area contributed by atoms with Gasteiger partial charge in [0.25, 0.3) is 6.01 Å². The van der Waals surface area contributed by atoms with Gasteiger partial charge in [0.15, 0.2) is 5.58 Å². The SMILES string of the molecule is Cc1nc2ccc(CNC(=O)CC3CCCN(c4nc5ncccc5o4)C3)cc2[nH]1. The first kappa shape index (κ1) is 18.6. The van der Waals surface area contributed by atoms with E-state index in [1.807, 2.05) is 37.3 Å². The van der Waals surface area contributed by atoms with Crippen molar-refractivity contribution in [2.75, 3.05) is 18.0 Å². The summed E-state index contributed by atoms with van der Waals surface area (Å²) in [6, 6.07) is 10.3. The second-order valence-electron chi connectivity index (χ2n) is 7.93. The Morgan fingerprint density at radius 2 is 2.27 bits per heavy atom. The number of piperidine rings is 1. The molecule has 3 aromatic heterocycles. The number of pyridine rings is 1. The number of nitrogens with one attached hydrogen (secondary N) is 2. The van der Waals surface area contributed by atoms with Gasteiger partial charge in [-0.3, -0.25) is 4.79 Å². The third kappa shape index (κ3) is 3.85. The Hall–Kier alpha value is -3.42. The van der Waals surface area contributed by atoms with E-state index in [1.165, 1.54) is 0 Å². The van der Waals surface area contributed by atoms with Gasteiger partial charge < -0.3 is 19.6 Å². The summed E-state index contributed by atoms with van der Waals surface area (Å²) in [5.74, 6) is 1.24. The Bertz CT molecular complexity index is 1160. The Morgan fingerprint density at radius 3 is 3.17 bits per heavy atom. The number of carbonyl (C=O) groups excluding carboxylic acids is 1. The van der Waals surface area contributed by atoms with Crippen LogP contribution < -0.4 is 10.2 Å². The van der Waals surface area contributed by atoms with Crippen molar-refractivity contribution >= 4 is 34.2 Å². The second-order valence-corrected chi connectivity index (χ2v) is 7.93. The van der Waals surface area contributed by atoms with E-state index < -0.39 is 0 Å². The van der Waals surface area contributed by atoms with Crippen LogP contribution in [0, 0.1) is 12.8 Å². The number of fused-ring (bicyclic) bond motifs is 2. The maximum Gasteiger partial charge on any atom is 0.299 e. The van der Waals surface area contributed by atoms with Gasteiger partial charge in [-0.05, 0) is 55.5 Å². The molecule has 8 heteroatoms. The Balaban J connectivity index is 1.18. The second kappa shape index (κ2) is 7.78. The van der Waals surface area contributed by atoms with E-state index >= 15 is 0 Å². The molecule has 1 saturated heterocycles. The summed E-state index contributed by atoms with van der Waals surface area (Å²) in [4.78, 5) is 31.0. The Kier molecular flexibility index (Phi) is 4.82. The number of imidazole rings is 1. The molecular weight excluding hydrogens is 380 g/mol. The molecule has 1 atom stereocenters. The molecule has 0 radical (unpaired) electrons. The summed E-state index contributed by atoms with van der Waals surface area (Å²) in [7, 11) is 0. The maximum absolute atomic E-state index is 12.5. The Morgan fingerprint density at radius 1 is 1.33 bits per heavy atom. The number of nitrogens with zero attached hydrogens (tertiary/aromatic N) is 4. The van der Waals surface area contributed by atoms with Crippen molar-refractivity contribution in [1.29, 1.82) is 0 Å². The number of amides is 1. The monoisotopic (exact) mass is 404 g/mol. The lowest BCUT2D eigenvalue weighted by atomic mass is 9.94. The van der Waals surface area contributed by atoms with Gasteiger partial charge in [0.1, 0.15) is 5.82 Å². The minimum Gasteiger partial charge on any atom is -0.422 e. The molecule has 0 spiro atoms. The molecule has 154 valence electrons. The van der Waals surface area contributed by atoms with E-state index in [1.54, 1.807) is 6.20 Å². The molecule has 2 N–H and O–H groups in total. The Labute approximate surface area is 173 Å². The van der Waals surface area contributed by atoms with E-state index in [0.29, 0.717) is 30.2 Å². The molecule has 0 aliphatic carbocycles. The van der Waals surface area contributed by atoms with Crippen molar-refractivity contribution in [1.82, 2.24) is 25.3 Å². The number of rotatable bonds is 5. The first-order valence-electron chi connectivity index (χ1n) is 10.3. The highest BCUT2D eigenvalue weighted by atomic mass is 16.4. The summed E-state index contributed by atoms with van der Waals surface area (Å²) in [5, 5.41) is 3.05. The fourth-order valence-electron chi connectivity index (χ4n) is 4.13. The lowest BCUT2D eigenvalue weighted by Gasteiger charge is -2.31. The summed E-state index contributed by atoms with van der Waals surface area (Å²) in [6.07, 6.45) is 4.26. The van der Waals surface area contributed by atoms with Crippen LogP contribution in [0.3, 0.4) is 0 Å². The van der Waals surface area contributed by atoms with Crippen molar-refractivity contribution < 1.29 is 9.21 Å². The molecule has 1 unspecified atom stereocenters. The van der Waals surface area contributed by atoms with E-state index in [4.69, 9.17) is 4.42 Å². The van der Waals surface area contributed by atoms with Crippen molar-refractivity contribution in [3.05, 3.63) is 47.9 Å². The summed E-state index contributed by atoms with van der Waals surface area (Å²) in [5.41, 5.74) is 4.31. The van der Waals surface area contributed by atoms with Crippen LogP contribution >= 0.6 is 0 Å². The minimum absolute atomic E-state index is 0.0713. The molecule has 0 saturated carbocycles. The molecule has 1 aliphatic rings. The lowest BCUT2D eigenvalue weighted by Crippen LogP contribution is -2.38. The number of H-pyrrole nitrogens is 1. The van der Waals surface area contributed by atoms with Crippen LogP contribution in [0.15, 0.2) is 40.9 Å². The third-order valence-electron chi connectivity index (χ3n) is 5.57. The number of aromatic nitrogens is 4. The highest BCUT2D eigenvalue weighted by Crippen LogP contribution is 2.27. The first-order chi connectivity index (χ1) is 14.6. The zero-order valence-electron chi connectivity index (χ0n) is 16.9. The van der Waals surface area contributed by atoms with Crippen molar-refractivity contribution in [3.8, 4) is 0 Å². The number of benzene rings is 1. The highest BCUT2D eigenvalue weighted by Gasteiger charge is 2.25. The molecule has 1 fully saturated rings. The predicted molar refractivity (Wildman–Crippen MR) is 114 cm³/mol. The van der Waals surface area contributed by atoms with Gasteiger partial charge in [0.05, 0.1) is 11.0 Å². The number of aromatic amines is 1. The highest BCUT2D eigenvalue weighted by molar-refractivity contribution is 5.78. The first-order valence-corrected chi connectivity index (χ1v) is 10.3. The van der Waals surface area contributed by atoms with Crippen molar-refractivity contribution in [2.45, 2.75) is 32.7 Å². The number of aryl methyl sites for hydroxylation is 1. The minimum atomic E-state index is 0.0713. The fraction of sp³-hybridized carbons (Fsp3) is 0.364. The van der Waals surface area contributed by atoms with Crippen LogP contribution in [0.25, 0.3) is 22.3 Å². The van der Waals surface area contributed by atoms with E-state index in [-0.39, 0.29) is 11.8 Å². The van der Waals surface area contributed by atoms with Crippen LogP contribution in [0.1, 0.15) is 30.7 Å². The van der Waals surface area contributed by atoms with Gasteiger partial charge in [-0.15, -0.1) is 0 Å². The molecule has 1 amide bonds. The molecule has 1 aliphatic heterocycles. The average molecular weight is 404 g/mol. The van der Waals surface area contributed by atoms with Gasteiger partial charge in [-0.1, -0.05) is 6.07 Å². The third-order valence-corrected chi connectivity index (χ3v) is 5.57. The van der Waals surface area contributed by atoms with E-state index in [2.05, 4.69) is 30.2 Å². The van der Waals surface area contributed by atoms with Crippen LogP contribution in [0.5, 0.6) is 0 Å². The predicted octanol–water partition coefficient (Wildman–Crippen LogP) is 3.33. The summed E-state index contributed by atoms with van der Waals surface area (Å²) < 4.78 is 5.85. The van der Waals surface area contributed by atoms with Crippen molar-refractivity contribution in [3.63, 3.8) is 0 Å². The van der Waals surface area contributed by atoms with Gasteiger partial charge in [-0.2, -0.15) is 4.98 Å². The van der Waals surface area contributed by atoms with Crippen LogP contribution in [0.4, 0.5) is 6.01 Å². The molecule has 4 aromatic rings. The largest absolute Gasteiger partial charge is 0.422 e. The summed E-state index contributed by atoms with van der Waals surface area (Å²) in [6.45, 7) is 4.10. The summed E-state index contributed by atoms with van der Waals surface area (Å²) >= 11 is 0. The molecule has 0 bridgehead atoms. The number of oxazole rings is 1. The number of hydrogen-bond donors (Lipinski definition) is 2. The van der Waals surface area contributed by atoms with Gasteiger partial charge in [0, 0.05) is 32.3 Å². The topological polar surface area (TPSA) is 99.9 Å². The van der Waals surface area contributed by atoms with Crippen LogP contribution in [0.2, 0.25) is 0 Å². The quantitative estimate of drug-likeness (QED) is 0.529. The zero-order chi connectivity index (χ0) is 20.5. The number of hydrogen-bond acceptors (Lipinski definition) is 6. The van der Waals surface area contributed by atoms with Crippen molar-refractivity contribution in [2.24, 2.45) is 5.92 Å². The fourth-order valence-corrected chi connectivity index (χ4v) is 4.13.